The van der Waals surface area contributed by atoms with Crippen LogP contribution in [0, 0.1) is 12.3 Å². The summed E-state index contributed by atoms with van der Waals surface area (Å²) in [5.41, 5.74) is 0.148. The molecule has 2 aromatic rings. The van der Waals surface area contributed by atoms with Crippen molar-refractivity contribution in [3.63, 3.8) is 0 Å². The van der Waals surface area contributed by atoms with Crippen LogP contribution in [0.25, 0.3) is 0 Å². The van der Waals surface area contributed by atoms with E-state index in [2.05, 4.69) is 5.32 Å². The number of esters is 1. The third-order valence-corrected chi connectivity index (χ3v) is 4.88. The summed E-state index contributed by atoms with van der Waals surface area (Å²) in [5, 5.41) is 3.36. The van der Waals surface area contributed by atoms with Gasteiger partial charge in [0.05, 0.1) is 17.8 Å². The molecule has 7 nitrogen and oxygen atoms in total. The van der Waals surface area contributed by atoms with E-state index in [0.29, 0.717) is 27.7 Å². The summed E-state index contributed by atoms with van der Waals surface area (Å²) in [6.45, 7) is 7.11. The van der Waals surface area contributed by atoms with Gasteiger partial charge < -0.3 is 19.4 Å². The lowest BCUT2D eigenvalue weighted by atomic mass is 9.96. The number of nitrogens with zero attached hydrogens (tertiary/aromatic N) is 1. The summed E-state index contributed by atoms with van der Waals surface area (Å²) in [7, 11) is 1.61. The minimum absolute atomic E-state index is 0.140. The Balaban J connectivity index is 1.92. The molecule has 0 aliphatic heterocycles. The highest BCUT2D eigenvalue weighted by Gasteiger charge is 2.23. The predicted molar refractivity (Wildman–Crippen MR) is 103 cm³/mol. The fraction of sp³-hybridized carbons (Fsp3) is 0.421. The number of nitrogens with one attached hydrogen (secondary N) is 1. The Morgan fingerprint density at radius 2 is 2.00 bits per heavy atom. The minimum atomic E-state index is -0.589. The summed E-state index contributed by atoms with van der Waals surface area (Å²) in [4.78, 5) is 38.2. The molecule has 0 aliphatic carbocycles. The number of carbonyl (C=O) groups is 3. The molecule has 2 rings (SSSR count). The van der Waals surface area contributed by atoms with Crippen molar-refractivity contribution < 1.29 is 23.5 Å². The van der Waals surface area contributed by atoms with Gasteiger partial charge in [0.25, 0.3) is 5.91 Å². The highest BCUT2D eigenvalue weighted by Crippen LogP contribution is 2.29. The summed E-state index contributed by atoms with van der Waals surface area (Å²) in [6.07, 6.45) is 1.53. The molecule has 0 bridgehead atoms. The van der Waals surface area contributed by atoms with Gasteiger partial charge in [0.2, 0.25) is 5.91 Å². The number of anilines is 1. The molecule has 1 N–H and O–H groups in total. The third kappa shape index (κ3) is 5.68. The van der Waals surface area contributed by atoms with Crippen LogP contribution in [0.1, 0.15) is 41.8 Å². The molecule has 0 spiro atoms. The monoisotopic (exact) mass is 392 g/mol. The van der Waals surface area contributed by atoms with Crippen molar-refractivity contribution >= 4 is 34.1 Å². The van der Waals surface area contributed by atoms with Crippen molar-refractivity contribution in [2.75, 3.05) is 19.0 Å². The number of hydrogen-bond donors (Lipinski definition) is 1. The van der Waals surface area contributed by atoms with Gasteiger partial charge in [-0.2, -0.15) is 0 Å². The molecule has 0 fully saturated rings. The SMILES string of the molecule is Cc1cc(NC(=O)C(C)(C)C)sc1C(=O)OCC(=O)N(C)Cc1ccco1. The Morgan fingerprint density at radius 3 is 2.59 bits per heavy atom. The zero-order valence-electron chi connectivity index (χ0n) is 16.1. The Kier molecular flexibility index (Phi) is 6.43. The summed E-state index contributed by atoms with van der Waals surface area (Å²) in [5.74, 6) is -0.423. The molecule has 0 aromatic carbocycles. The smallest absolute Gasteiger partial charge is 0.349 e. The molecule has 27 heavy (non-hydrogen) atoms. The second-order valence-electron chi connectivity index (χ2n) is 7.23. The number of ether oxygens (including phenoxy) is 1. The molecule has 0 unspecified atom stereocenters. The van der Waals surface area contributed by atoms with E-state index in [9.17, 15) is 14.4 Å². The lowest BCUT2D eigenvalue weighted by Gasteiger charge is -2.16. The number of furan rings is 1. The van der Waals surface area contributed by atoms with Gasteiger partial charge in [-0.1, -0.05) is 20.8 Å². The maximum absolute atomic E-state index is 12.3. The van der Waals surface area contributed by atoms with Crippen LogP contribution in [-0.4, -0.2) is 36.3 Å². The first kappa shape index (κ1) is 20.7. The fourth-order valence-electron chi connectivity index (χ4n) is 2.07. The Labute approximate surface area is 162 Å². The van der Waals surface area contributed by atoms with Crippen molar-refractivity contribution in [1.29, 1.82) is 0 Å². The van der Waals surface area contributed by atoms with Crippen LogP contribution in [0.15, 0.2) is 28.9 Å². The maximum atomic E-state index is 12.3. The highest BCUT2D eigenvalue weighted by molar-refractivity contribution is 7.18. The average Bonchev–Trinajstić information content (AvgIpc) is 3.20. The number of rotatable bonds is 6. The van der Waals surface area contributed by atoms with Crippen molar-refractivity contribution in [3.05, 3.63) is 40.7 Å². The number of hydrogen-bond acceptors (Lipinski definition) is 6. The van der Waals surface area contributed by atoms with Crippen molar-refractivity contribution in [2.45, 2.75) is 34.2 Å². The second kappa shape index (κ2) is 8.39. The molecule has 8 heteroatoms. The topological polar surface area (TPSA) is 88.8 Å². The lowest BCUT2D eigenvalue weighted by Crippen LogP contribution is -2.30. The van der Waals surface area contributed by atoms with Crippen LogP contribution >= 0.6 is 11.3 Å². The van der Waals surface area contributed by atoms with Crippen LogP contribution in [-0.2, 0) is 20.9 Å². The van der Waals surface area contributed by atoms with E-state index in [4.69, 9.17) is 9.15 Å². The first-order chi connectivity index (χ1) is 12.6. The molecule has 0 aliphatic rings. The quantitative estimate of drug-likeness (QED) is 0.761. The molecule has 2 amide bonds. The number of aryl methyl sites for hydroxylation is 1. The van der Waals surface area contributed by atoms with E-state index in [1.807, 2.05) is 20.8 Å². The van der Waals surface area contributed by atoms with Crippen molar-refractivity contribution in [2.24, 2.45) is 5.41 Å². The van der Waals surface area contributed by atoms with Gasteiger partial charge in [0.15, 0.2) is 6.61 Å². The van der Waals surface area contributed by atoms with Crippen molar-refractivity contribution in [1.82, 2.24) is 4.90 Å². The Bertz CT molecular complexity index is 818. The number of amides is 2. The van der Waals surface area contributed by atoms with E-state index in [-0.39, 0.29) is 18.4 Å². The lowest BCUT2D eigenvalue weighted by molar-refractivity contribution is -0.134. The molecule has 0 atom stereocenters. The minimum Gasteiger partial charge on any atom is -0.467 e. The van der Waals surface area contributed by atoms with E-state index in [0.717, 1.165) is 11.3 Å². The molecule has 0 saturated carbocycles. The van der Waals surface area contributed by atoms with Gasteiger partial charge >= 0.3 is 5.97 Å². The molecule has 146 valence electrons. The average molecular weight is 392 g/mol. The first-order valence-electron chi connectivity index (χ1n) is 8.43. The van der Waals surface area contributed by atoms with Crippen molar-refractivity contribution in [3.8, 4) is 0 Å². The van der Waals surface area contributed by atoms with E-state index >= 15 is 0 Å². The van der Waals surface area contributed by atoms with Gasteiger partial charge in [-0.15, -0.1) is 11.3 Å². The fourth-order valence-corrected chi connectivity index (χ4v) is 3.03. The van der Waals surface area contributed by atoms with Gasteiger partial charge in [-0.25, -0.2) is 4.79 Å². The van der Waals surface area contributed by atoms with E-state index in [1.54, 1.807) is 32.2 Å². The molecule has 0 radical (unpaired) electrons. The summed E-state index contributed by atoms with van der Waals surface area (Å²) >= 11 is 1.13. The van der Waals surface area contributed by atoms with Crippen LogP contribution < -0.4 is 5.32 Å². The van der Waals surface area contributed by atoms with Crippen LogP contribution in [0.5, 0.6) is 0 Å². The maximum Gasteiger partial charge on any atom is 0.349 e. The van der Waals surface area contributed by atoms with Crippen LogP contribution in [0.2, 0.25) is 0 Å². The van der Waals surface area contributed by atoms with Gasteiger partial charge in [-0.05, 0) is 30.7 Å². The molecular formula is C19H24N2O5S. The number of thiophene rings is 1. The third-order valence-electron chi connectivity index (χ3n) is 3.75. The Morgan fingerprint density at radius 1 is 1.30 bits per heavy atom. The largest absolute Gasteiger partial charge is 0.467 e. The number of carbonyl (C=O) groups excluding carboxylic acids is 3. The van der Waals surface area contributed by atoms with Crippen LogP contribution in [0.3, 0.4) is 0 Å². The zero-order chi connectivity index (χ0) is 20.2. The van der Waals surface area contributed by atoms with Gasteiger partial charge in [-0.3, -0.25) is 9.59 Å². The van der Waals surface area contributed by atoms with Crippen LogP contribution in [0.4, 0.5) is 5.00 Å². The second-order valence-corrected chi connectivity index (χ2v) is 8.28. The first-order valence-corrected chi connectivity index (χ1v) is 9.25. The van der Waals surface area contributed by atoms with E-state index in [1.165, 1.54) is 11.2 Å². The van der Waals surface area contributed by atoms with E-state index < -0.39 is 11.4 Å². The predicted octanol–water partition coefficient (Wildman–Crippen LogP) is 3.45. The molecular weight excluding hydrogens is 368 g/mol. The Hall–Kier alpha value is -2.61. The molecule has 2 aromatic heterocycles. The van der Waals surface area contributed by atoms with Gasteiger partial charge in [0, 0.05) is 12.5 Å². The highest BCUT2D eigenvalue weighted by atomic mass is 32.1. The summed E-state index contributed by atoms with van der Waals surface area (Å²) in [6, 6.07) is 5.22. The molecule has 0 saturated heterocycles. The standard InChI is InChI=1S/C19H24N2O5S/c1-12-9-14(20-18(24)19(2,3)4)27-16(12)17(23)26-11-15(22)21(5)10-13-7-6-8-25-13/h6-9H,10-11H2,1-5H3,(H,20,24). The summed E-state index contributed by atoms with van der Waals surface area (Å²) < 4.78 is 10.3. The molecule has 2 heterocycles. The zero-order valence-corrected chi connectivity index (χ0v) is 16.9. The normalized spacial score (nSPS) is 11.1. The van der Waals surface area contributed by atoms with Gasteiger partial charge in [0.1, 0.15) is 10.6 Å². The number of likely N-dealkylation sites (N-methyl/N-ethyl adjacent to an activating group) is 1.